The summed E-state index contributed by atoms with van der Waals surface area (Å²) in [5.41, 5.74) is 0.983. The predicted molar refractivity (Wildman–Crippen MR) is 72.4 cm³/mol. The maximum atomic E-state index is 10.4. The van der Waals surface area contributed by atoms with E-state index in [-0.39, 0.29) is 18.2 Å². The lowest BCUT2D eigenvalue weighted by atomic mass is 10.0. The number of hydrogen-bond acceptors (Lipinski definition) is 3. The fourth-order valence-corrected chi connectivity index (χ4v) is 2.68. The highest BCUT2D eigenvalue weighted by molar-refractivity contribution is 5.18. The van der Waals surface area contributed by atoms with Crippen molar-refractivity contribution >= 4 is 0 Å². The smallest absolute Gasteiger partial charge is 0.0942 e. The molecule has 3 nitrogen and oxygen atoms in total. The summed E-state index contributed by atoms with van der Waals surface area (Å²) in [6.45, 7) is 8.03. The zero-order valence-corrected chi connectivity index (χ0v) is 11.4. The van der Waals surface area contributed by atoms with Crippen LogP contribution in [-0.2, 0) is 4.74 Å². The molecule has 1 aliphatic rings. The molecule has 0 bridgehead atoms. The van der Waals surface area contributed by atoms with E-state index in [1.165, 1.54) is 0 Å². The van der Waals surface area contributed by atoms with E-state index >= 15 is 0 Å². The Kier molecular flexibility index (Phi) is 4.38. The van der Waals surface area contributed by atoms with Gasteiger partial charge in [0.05, 0.1) is 18.3 Å². The Morgan fingerprint density at radius 1 is 1.17 bits per heavy atom. The van der Waals surface area contributed by atoms with Crippen molar-refractivity contribution in [2.24, 2.45) is 0 Å². The summed E-state index contributed by atoms with van der Waals surface area (Å²) >= 11 is 0. The van der Waals surface area contributed by atoms with Crippen LogP contribution in [0.1, 0.15) is 32.4 Å². The van der Waals surface area contributed by atoms with Gasteiger partial charge >= 0.3 is 0 Å². The molecule has 0 aliphatic carbocycles. The summed E-state index contributed by atoms with van der Waals surface area (Å²) in [4.78, 5) is 2.32. The minimum atomic E-state index is -0.441. The number of nitrogens with zero attached hydrogens (tertiary/aromatic N) is 1. The molecule has 1 aromatic carbocycles. The molecule has 18 heavy (non-hydrogen) atoms. The summed E-state index contributed by atoms with van der Waals surface area (Å²) in [6.07, 6.45) is 0.0297. The Morgan fingerprint density at radius 3 is 2.28 bits per heavy atom. The molecule has 1 N–H and O–H groups in total. The highest BCUT2D eigenvalue weighted by Gasteiger charge is 2.29. The van der Waals surface area contributed by atoms with E-state index in [1.54, 1.807) is 0 Å². The highest BCUT2D eigenvalue weighted by Crippen LogP contribution is 2.23. The van der Waals surface area contributed by atoms with E-state index in [0.717, 1.165) is 18.7 Å². The Labute approximate surface area is 109 Å². The number of morpholine rings is 1. The molecule has 100 valence electrons. The van der Waals surface area contributed by atoms with E-state index in [4.69, 9.17) is 4.74 Å². The lowest BCUT2D eigenvalue weighted by Gasteiger charge is -2.40. The Balaban J connectivity index is 2.04. The van der Waals surface area contributed by atoms with Crippen LogP contribution in [0.15, 0.2) is 30.3 Å². The molecule has 0 saturated carbocycles. The van der Waals surface area contributed by atoms with Crippen LogP contribution < -0.4 is 0 Å². The molecule has 4 unspecified atom stereocenters. The Hall–Kier alpha value is -0.900. The van der Waals surface area contributed by atoms with Gasteiger partial charge in [-0.25, -0.2) is 0 Å². The SMILES string of the molecule is CC1CN(C(C)C(O)c2ccccc2)CC(C)O1. The molecule has 1 aliphatic heterocycles. The van der Waals surface area contributed by atoms with Crippen LogP contribution >= 0.6 is 0 Å². The van der Waals surface area contributed by atoms with Crippen molar-refractivity contribution in [1.29, 1.82) is 0 Å². The zero-order chi connectivity index (χ0) is 13.1. The summed E-state index contributed by atoms with van der Waals surface area (Å²) in [5.74, 6) is 0. The molecule has 0 radical (unpaired) electrons. The number of benzene rings is 1. The van der Waals surface area contributed by atoms with Gasteiger partial charge in [-0.05, 0) is 26.3 Å². The van der Waals surface area contributed by atoms with Crippen LogP contribution in [0.3, 0.4) is 0 Å². The van der Waals surface area contributed by atoms with E-state index in [2.05, 4.69) is 25.7 Å². The van der Waals surface area contributed by atoms with Gasteiger partial charge < -0.3 is 9.84 Å². The standard InChI is InChI=1S/C15H23NO2/c1-11-9-16(10-12(2)18-11)13(3)15(17)14-7-5-4-6-8-14/h4-8,11-13,15,17H,9-10H2,1-3H3. The van der Waals surface area contributed by atoms with Crippen molar-refractivity contribution in [2.45, 2.75) is 45.1 Å². The summed E-state index contributed by atoms with van der Waals surface area (Å²) in [7, 11) is 0. The molecule has 0 aromatic heterocycles. The van der Waals surface area contributed by atoms with Crippen LogP contribution in [0, 0.1) is 0 Å². The van der Waals surface area contributed by atoms with Crippen LogP contribution in [0.4, 0.5) is 0 Å². The average molecular weight is 249 g/mol. The molecule has 1 saturated heterocycles. The second kappa shape index (κ2) is 5.83. The van der Waals surface area contributed by atoms with Crippen molar-refractivity contribution in [3.05, 3.63) is 35.9 Å². The second-order valence-corrected chi connectivity index (χ2v) is 5.31. The Morgan fingerprint density at radius 2 is 1.72 bits per heavy atom. The van der Waals surface area contributed by atoms with Gasteiger partial charge in [-0.2, -0.15) is 0 Å². The van der Waals surface area contributed by atoms with Crippen molar-refractivity contribution in [3.8, 4) is 0 Å². The van der Waals surface area contributed by atoms with Crippen LogP contribution in [-0.4, -0.2) is 41.3 Å². The highest BCUT2D eigenvalue weighted by atomic mass is 16.5. The van der Waals surface area contributed by atoms with Gasteiger partial charge in [0.1, 0.15) is 0 Å². The van der Waals surface area contributed by atoms with Gasteiger partial charge in [0.2, 0.25) is 0 Å². The lowest BCUT2D eigenvalue weighted by Crippen LogP contribution is -2.50. The third-order valence-corrected chi connectivity index (χ3v) is 3.62. The largest absolute Gasteiger partial charge is 0.387 e. The first-order valence-electron chi connectivity index (χ1n) is 6.70. The molecular weight excluding hydrogens is 226 g/mol. The molecule has 3 heteroatoms. The molecule has 4 atom stereocenters. The molecule has 1 aromatic rings. The minimum absolute atomic E-state index is 0.112. The molecule has 0 spiro atoms. The third-order valence-electron chi connectivity index (χ3n) is 3.62. The molecule has 0 amide bonds. The van der Waals surface area contributed by atoms with Gasteiger partial charge in [0.15, 0.2) is 0 Å². The maximum Gasteiger partial charge on any atom is 0.0942 e. The molecule has 2 rings (SSSR count). The van der Waals surface area contributed by atoms with Crippen LogP contribution in [0.25, 0.3) is 0 Å². The number of aliphatic hydroxyl groups is 1. The number of rotatable bonds is 3. The van der Waals surface area contributed by atoms with E-state index in [0.29, 0.717) is 0 Å². The second-order valence-electron chi connectivity index (χ2n) is 5.31. The zero-order valence-electron chi connectivity index (χ0n) is 11.4. The summed E-state index contributed by atoms with van der Waals surface area (Å²) in [5, 5.41) is 10.4. The van der Waals surface area contributed by atoms with Gasteiger partial charge in [-0.15, -0.1) is 0 Å². The molecule has 1 fully saturated rings. The maximum absolute atomic E-state index is 10.4. The summed E-state index contributed by atoms with van der Waals surface area (Å²) < 4.78 is 5.73. The van der Waals surface area contributed by atoms with Crippen molar-refractivity contribution < 1.29 is 9.84 Å². The van der Waals surface area contributed by atoms with Crippen molar-refractivity contribution in [2.75, 3.05) is 13.1 Å². The van der Waals surface area contributed by atoms with E-state index in [9.17, 15) is 5.11 Å². The quantitative estimate of drug-likeness (QED) is 0.891. The number of aliphatic hydroxyl groups excluding tert-OH is 1. The number of hydrogen-bond donors (Lipinski definition) is 1. The average Bonchev–Trinajstić information content (AvgIpc) is 2.37. The number of ether oxygens (including phenoxy) is 1. The first-order valence-corrected chi connectivity index (χ1v) is 6.70. The first kappa shape index (κ1) is 13.5. The first-order chi connectivity index (χ1) is 8.58. The van der Waals surface area contributed by atoms with Gasteiger partial charge in [-0.1, -0.05) is 30.3 Å². The summed E-state index contributed by atoms with van der Waals surface area (Å²) in [6, 6.07) is 9.98. The topological polar surface area (TPSA) is 32.7 Å². The van der Waals surface area contributed by atoms with Crippen molar-refractivity contribution in [1.82, 2.24) is 4.90 Å². The third kappa shape index (κ3) is 3.10. The molecular formula is C15H23NO2. The van der Waals surface area contributed by atoms with E-state index in [1.807, 2.05) is 30.3 Å². The monoisotopic (exact) mass is 249 g/mol. The Bertz CT molecular complexity index is 358. The lowest BCUT2D eigenvalue weighted by molar-refractivity contribution is -0.0931. The fourth-order valence-electron chi connectivity index (χ4n) is 2.68. The van der Waals surface area contributed by atoms with Gasteiger partial charge in [0, 0.05) is 19.1 Å². The van der Waals surface area contributed by atoms with Crippen LogP contribution in [0.5, 0.6) is 0 Å². The van der Waals surface area contributed by atoms with Crippen molar-refractivity contribution in [3.63, 3.8) is 0 Å². The minimum Gasteiger partial charge on any atom is -0.387 e. The van der Waals surface area contributed by atoms with Gasteiger partial charge in [0.25, 0.3) is 0 Å². The predicted octanol–water partition coefficient (Wildman–Crippen LogP) is 2.22. The van der Waals surface area contributed by atoms with Gasteiger partial charge in [-0.3, -0.25) is 4.90 Å². The fraction of sp³-hybridized carbons (Fsp3) is 0.600. The van der Waals surface area contributed by atoms with E-state index < -0.39 is 6.10 Å². The van der Waals surface area contributed by atoms with Crippen LogP contribution in [0.2, 0.25) is 0 Å². The normalized spacial score (nSPS) is 28.9. The molecule has 1 heterocycles.